The van der Waals surface area contributed by atoms with Gasteiger partial charge >= 0.3 is 5.69 Å². The van der Waals surface area contributed by atoms with Gasteiger partial charge in [0.15, 0.2) is 10.8 Å². The minimum absolute atomic E-state index is 0.00251. The van der Waals surface area contributed by atoms with E-state index in [2.05, 4.69) is 46.7 Å². The molecule has 3 heterocycles. The molecule has 3 aromatic heterocycles. The highest BCUT2D eigenvalue weighted by atomic mass is 79.9. The van der Waals surface area contributed by atoms with E-state index in [-0.39, 0.29) is 18.5 Å². The van der Waals surface area contributed by atoms with E-state index in [9.17, 15) is 13.6 Å². The number of H-pyrrole nitrogens is 1. The zero-order chi connectivity index (χ0) is 22.7. The average molecular weight is 524 g/mol. The number of nitrogens with zero attached hydrogens (tertiary/aromatic N) is 5. The molecule has 0 radical (unpaired) electrons. The van der Waals surface area contributed by atoms with Crippen molar-refractivity contribution in [1.82, 2.24) is 30.2 Å². The van der Waals surface area contributed by atoms with E-state index in [4.69, 9.17) is 4.74 Å². The molecule has 1 aromatic carbocycles. The van der Waals surface area contributed by atoms with Gasteiger partial charge in [-0.25, -0.2) is 28.6 Å². The molecule has 0 amide bonds. The number of halogens is 3. The largest absolute Gasteiger partial charge is 0.491 e. The Bertz CT molecular complexity index is 1280. The van der Waals surface area contributed by atoms with Crippen molar-refractivity contribution in [1.29, 1.82) is 0 Å². The molecule has 0 fully saturated rings. The molecule has 9 nitrogen and oxygen atoms in total. The van der Waals surface area contributed by atoms with Crippen LogP contribution in [0.15, 0.2) is 39.9 Å². The van der Waals surface area contributed by atoms with Crippen LogP contribution in [0.2, 0.25) is 0 Å². The molecule has 0 aliphatic carbocycles. The Labute approximate surface area is 192 Å². The molecule has 0 aliphatic heterocycles. The van der Waals surface area contributed by atoms with Crippen LogP contribution in [0, 0.1) is 11.6 Å². The number of aromatic amines is 1. The molecule has 0 spiro atoms. The lowest BCUT2D eigenvalue weighted by molar-refractivity contribution is 0.340. The van der Waals surface area contributed by atoms with Gasteiger partial charge in [-0.1, -0.05) is 15.9 Å². The maximum Gasteiger partial charge on any atom is 0.366 e. The van der Waals surface area contributed by atoms with Crippen molar-refractivity contribution in [3.8, 4) is 21.3 Å². The third kappa shape index (κ3) is 4.67. The Kier molecular flexibility index (Phi) is 6.55. The maximum atomic E-state index is 14.0. The fourth-order valence-electron chi connectivity index (χ4n) is 2.94. The summed E-state index contributed by atoms with van der Waals surface area (Å²) in [7, 11) is 0. The lowest BCUT2D eigenvalue weighted by atomic mass is 10.1. The van der Waals surface area contributed by atoms with Crippen molar-refractivity contribution < 1.29 is 13.5 Å². The van der Waals surface area contributed by atoms with Crippen LogP contribution >= 0.6 is 27.3 Å². The van der Waals surface area contributed by atoms with E-state index >= 15 is 0 Å². The average Bonchev–Trinajstić information content (AvgIpc) is 3.36. The van der Waals surface area contributed by atoms with Crippen LogP contribution in [0.4, 0.5) is 14.6 Å². The molecule has 4 aromatic rings. The molecule has 0 unspecified atom stereocenters. The summed E-state index contributed by atoms with van der Waals surface area (Å²) in [5, 5.41) is 13.0. The van der Waals surface area contributed by atoms with Gasteiger partial charge in [-0.2, -0.15) is 0 Å². The van der Waals surface area contributed by atoms with Crippen molar-refractivity contribution in [2.75, 3.05) is 18.5 Å². The molecule has 0 aliphatic rings. The first-order chi connectivity index (χ1) is 15.5. The highest BCUT2D eigenvalue weighted by Crippen LogP contribution is 2.37. The van der Waals surface area contributed by atoms with Crippen molar-refractivity contribution in [2.45, 2.75) is 13.3 Å². The topological polar surface area (TPSA) is 111 Å². The number of benzene rings is 1. The number of nitrogens with one attached hydrogen (secondary N) is 2. The minimum Gasteiger partial charge on any atom is -0.491 e. The van der Waals surface area contributed by atoms with Crippen LogP contribution in [-0.2, 0) is 6.42 Å². The SMILES string of the molecule is CCOc1cc(-c2cc(NCCc3c(F)cc(Br)cc3F)ncn2)sc1-n1nn[nH]c1=O. The fourth-order valence-corrected chi connectivity index (χ4v) is 4.36. The lowest BCUT2D eigenvalue weighted by Crippen LogP contribution is -2.15. The molecule has 2 N–H and O–H groups in total. The Balaban J connectivity index is 1.53. The Morgan fingerprint density at radius 2 is 2.00 bits per heavy atom. The number of ether oxygens (including phenoxy) is 1. The summed E-state index contributed by atoms with van der Waals surface area (Å²) in [5.41, 5.74) is 0.0892. The van der Waals surface area contributed by atoms with Gasteiger partial charge in [-0.05, 0) is 35.9 Å². The lowest BCUT2D eigenvalue weighted by Gasteiger charge is -2.08. The number of thiophene rings is 1. The fraction of sp³-hybridized carbons (Fsp3) is 0.211. The summed E-state index contributed by atoms with van der Waals surface area (Å²) >= 11 is 4.32. The predicted molar refractivity (Wildman–Crippen MR) is 118 cm³/mol. The number of hydrogen-bond acceptors (Lipinski definition) is 8. The van der Waals surface area contributed by atoms with Gasteiger partial charge in [0, 0.05) is 28.7 Å². The molecule has 4 rings (SSSR count). The normalized spacial score (nSPS) is 11.0. The number of hydrogen-bond donors (Lipinski definition) is 2. The second-order valence-electron chi connectivity index (χ2n) is 6.44. The first-order valence-electron chi connectivity index (χ1n) is 9.43. The van der Waals surface area contributed by atoms with Crippen LogP contribution in [0.1, 0.15) is 12.5 Å². The monoisotopic (exact) mass is 523 g/mol. The molecule has 13 heteroatoms. The first-order valence-corrected chi connectivity index (χ1v) is 11.0. The Hall–Kier alpha value is -3.19. The van der Waals surface area contributed by atoms with E-state index in [1.165, 1.54) is 29.8 Å². The second-order valence-corrected chi connectivity index (χ2v) is 8.39. The summed E-state index contributed by atoms with van der Waals surface area (Å²) in [5.74, 6) is -0.267. The van der Waals surface area contributed by atoms with Crippen LogP contribution in [0.25, 0.3) is 15.6 Å². The first kappa shape index (κ1) is 22.0. The van der Waals surface area contributed by atoms with E-state index in [0.29, 0.717) is 38.2 Å². The smallest absolute Gasteiger partial charge is 0.366 e. The number of aromatic nitrogens is 6. The van der Waals surface area contributed by atoms with Gasteiger partial charge in [-0.3, -0.25) is 0 Å². The molecule has 0 saturated carbocycles. The van der Waals surface area contributed by atoms with Gasteiger partial charge in [0.05, 0.1) is 17.2 Å². The third-order valence-electron chi connectivity index (χ3n) is 4.35. The van der Waals surface area contributed by atoms with Gasteiger partial charge in [0.2, 0.25) is 0 Å². The van der Waals surface area contributed by atoms with E-state index in [1.807, 2.05) is 6.92 Å². The standard InChI is InChI=1S/C19H16BrF2N7O2S/c1-2-31-15-8-16(32-18(15)29-19(30)26-27-28-29)14-7-17(25-9-24-14)23-4-3-11-12(21)5-10(20)6-13(11)22/h5-9H,2-4H2,1H3,(H,23,24,25)(H,26,28,30). The Morgan fingerprint density at radius 3 is 2.69 bits per heavy atom. The van der Waals surface area contributed by atoms with Crippen LogP contribution in [0.3, 0.4) is 0 Å². The summed E-state index contributed by atoms with van der Waals surface area (Å²) in [4.78, 5) is 21.1. The molecular formula is C19H16BrF2N7O2S. The molecular weight excluding hydrogens is 508 g/mol. The van der Waals surface area contributed by atoms with Crippen LogP contribution in [0.5, 0.6) is 5.75 Å². The zero-order valence-corrected chi connectivity index (χ0v) is 19.0. The number of rotatable bonds is 8. The van der Waals surface area contributed by atoms with Crippen molar-refractivity contribution in [3.63, 3.8) is 0 Å². The Morgan fingerprint density at radius 1 is 1.22 bits per heavy atom. The van der Waals surface area contributed by atoms with Crippen molar-refractivity contribution in [2.24, 2.45) is 0 Å². The zero-order valence-electron chi connectivity index (χ0n) is 16.6. The minimum atomic E-state index is -0.611. The van der Waals surface area contributed by atoms with Crippen molar-refractivity contribution in [3.05, 3.63) is 62.7 Å². The molecule has 0 bridgehead atoms. The van der Waals surface area contributed by atoms with E-state index in [0.717, 1.165) is 4.68 Å². The van der Waals surface area contributed by atoms with Gasteiger partial charge < -0.3 is 10.1 Å². The highest BCUT2D eigenvalue weighted by molar-refractivity contribution is 9.10. The summed E-state index contributed by atoms with van der Waals surface area (Å²) in [6, 6.07) is 5.91. The summed E-state index contributed by atoms with van der Waals surface area (Å²) in [6.07, 6.45) is 1.51. The predicted octanol–water partition coefficient (Wildman–Crippen LogP) is 3.57. The maximum absolute atomic E-state index is 14.0. The van der Waals surface area contributed by atoms with Crippen LogP contribution < -0.4 is 15.7 Å². The van der Waals surface area contributed by atoms with Crippen LogP contribution in [-0.4, -0.2) is 43.3 Å². The van der Waals surface area contributed by atoms with E-state index < -0.39 is 17.3 Å². The molecule has 32 heavy (non-hydrogen) atoms. The quantitative estimate of drug-likeness (QED) is 0.363. The second kappa shape index (κ2) is 9.53. The molecule has 166 valence electrons. The highest BCUT2D eigenvalue weighted by Gasteiger charge is 2.18. The van der Waals surface area contributed by atoms with Gasteiger partial charge in [-0.15, -0.1) is 16.0 Å². The third-order valence-corrected chi connectivity index (χ3v) is 5.92. The van der Waals surface area contributed by atoms with E-state index in [1.54, 1.807) is 12.1 Å². The summed E-state index contributed by atoms with van der Waals surface area (Å²) in [6.45, 7) is 2.49. The summed E-state index contributed by atoms with van der Waals surface area (Å²) < 4.78 is 35.1. The van der Waals surface area contributed by atoms with Crippen molar-refractivity contribution >= 4 is 33.1 Å². The number of anilines is 1. The van der Waals surface area contributed by atoms with Gasteiger partial charge in [0.25, 0.3) is 0 Å². The van der Waals surface area contributed by atoms with Gasteiger partial charge in [0.1, 0.15) is 23.8 Å². The molecule has 0 saturated heterocycles. The number of tetrazole rings is 1. The molecule has 0 atom stereocenters.